The molecule has 0 spiro atoms. The third-order valence-electron chi connectivity index (χ3n) is 7.33. The van der Waals surface area contributed by atoms with E-state index in [9.17, 15) is 0 Å². The van der Waals surface area contributed by atoms with E-state index in [-0.39, 0.29) is 0 Å². The SMILES string of the molecule is Cc1cccc2cccc(-c3ccc(-c4ccc5c(c4)c4ccccc4n5-c4ccccc4)cc3)c12. The number of fused-ring (bicyclic) bond motifs is 4. The highest BCUT2D eigenvalue weighted by atomic mass is 15.0. The highest BCUT2D eigenvalue weighted by Gasteiger charge is 2.13. The average molecular weight is 460 g/mol. The Morgan fingerprint density at radius 1 is 0.472 bits per heavy atom. The van der Waals surface area contributed by atoms with Gasteiger partial charge in [0.15, 0.2) is 0 Å². The van der Waals surface area contributed by atoms with Crippen molar-refractivity contribution in [3.63, 3.8) is 0 Å². The van der Waals surface area contributed by atoms with Gasteiger partial charge in [0.05, 0.1) is 11.0 Å². The maximum Gasteiger partial charge on any atom is 0.0541 e. The number of rotatable bonds is 3. The minimum Gasteiger partial charge on any atom is -0.309 e. The van der Waals surface area contributed by atoms with Gasteiger partial charge in [0, 0.05) is 16.5 Å². The lowest BCUT2D eigenvalue weighted by Gasteiger charge is -2.11. The van der Waals surface area contributed by atoms with E-state index in [0.717, 1.165) is 0 Å². The van der Waals surface area contributed by atoms with Gasteiger partial charge in [0.25, 0.3) is 0 Å². The van der Waals surface area contributed by atoms with Crippen molar-refractivity contribution in [2.45, 2.75) is 6.92 Å². The molecule has 0 aliphatic carbocycles. The molecule has 1 aromatic heterocycles. The zero-order valence-electron chi connectivity index (χ0n) is 20.1. The average Bonchev–Trinajstić information content (AvgIpc) is 3.27. The third kappa shape index (κ3) is 3.25. The fourth-order valence-corrected chi connectivity index (χ4v) is 5.62. The van der Waals surface area contributed by atoms with Gasteiger partial charge in [-0.25, -0.2) is 0 Å². The van der Waals surface area contributed by atoms with Gasteiger partial charge in [-0.2, -0.15) is 0 Å². The van der Waals surface area contributed by atoms with Crippen LogP contribution in [0.5, 0.6) is 0 Å². The number of hydrogen-bond donors (Lipinski definition) is 0. The monoisotopic (exact) mass is 459 g/mol. The zero-order chi connectivity index (χ0) is 24.1. The second-order valence-electron chi connectivity index (χ2n) is 9.48. The lowest BCUT2D eigenvalue weighted by atomic mass is 9.93. The van der Waals surface area contributed by atoms with E-state index < -0.39 is 0 Å². The first-order valence-electron chi connectivity index (χ1n) is 12.5. The Labute approximate surface area is 210 Å². The molecule has 0 aliphatic rings. The first kappa shape index (κ1) is 20.7. The van der Waals surface area contributed by atoms with E-state index in [0.29, 0.717) is 0 Å². The predicted molar refractivity (Wildman–Crippen MR) is 154 cm³/mol. The topological polar surface area (TPSA) is 4.93 Å². The first-order chi connectivity index (χ1) is 17.8. The minimum atomic E-state index is 1.19. The van der Waals surface area contributed by atoms with Gasteiger partial charge in [-0.3, -0.25) is 0 Å². The summed E-state index contributed by atoms with van der Waals surface area (Å²) in [6.45, 7) is 2.20. The van der Waals surface area contributed by atoms with Crippen molar-refractivity contribution in [3.05, 3.63) is 139 Å². The van der Waals surface area contributed by atoms with E-state index in [1.165, 1.54) is 66.1 Å². The fourth-order valence-electron chi connectivity index (χ4n) is 5.62. The van der Waals surface area contributed by atoms with Gasteiger partial charge in [0.2, 0.25) is 0 Å². The summed E-state index contributed by atoms with van der Waals surface area (Å²) in [6.07, 6.45) is 0. The minimum absolute atomic E-state index is 1.19. The summed E-state index contributed by atoms with van der Waals surface area (Å²) >= 11 is 0. The third-order valence-corrected chi connectivity index (χ3v) is 7.33. The van der Waals surface area contributed by atoms with E-state index in [1.807, 2.05) is 0 Å². The first-order valence-corrected chi connectivity index (χ1v) is 12.5. The molecule has 6 aromatic carbocycles. The summed E-state index contributed by atoms with van der Waals surface area (Å²) in [4.78, 5) is 0. The maximum absolute atomic E-state index is 2.36. The molecule has 0 saturated carbocycles. The number of para-hydroxylation sites is 2. The summed E-state index contributed by atoms with van der Waals surface area (Å²) in [6, 6.07) is 48.3. The number of benzene rings is 6. The van der Waals surface area contributed by atoms with Crippen molar-refractivity contribution in [1.29, 1.82) is 0 Å². The Balaban J connectivity index is 1.35. The van der Waals surface area contributed by atoms with Crippen LogP contribution in [0.2, 0.25) is 0 Å². The van der Waals surface area contributed by atoms with Crippen LogP contribution >= 0.6 is 0 Å². The number of aromatic nitrogens is 1. The van der Waals surface area contributed by atoms with Crippen molar-refractivity contribution in [3.8, 4) is 27.9 Å². The van der Waals surface area contributed by atoms with Crippen LogP contribution in [0.4, 0.5) is 0 Å². The molecule has 0 bridgehead atoms. The van der Waals surface area contributed by atoms with E-state index in [2.05, 4.69) is 145 Å². The molecule has 0 atom stereocenters. The molecule has 1 heterocycles. The lowest BCUT2D eigenvalue weighted by Crippen LogP contribution is -1.92. The molecular formula is C35H25N. The van der Waals surface area contributed by atoms with Crippen LogP contribution in [-0.4, -0.2) is 4.57 Å². The maximum atomic E-state index is 2.36. The molecule has 0 N–H and O–H groups in total. The largest absolute Gasteiger partial charge is 0.309 e. The lowest BCUT2D eigenvalue weighted by molar-refractivity contribution is 1.18. The highest BCUT2D eigenvalue weighted by molar-refractivity contribution is 6.10. The van der Waals surface area contributed by atoms with Crippen molar-refractivity contribution in [1.82, 2.24) is 4.57 Å². The second-order valence-corrected chi connectivity index (χ2v) is 9.48. The van der Waals surface area contributed by atoms with Gasteiger partial charge >= 0.3 is 0 Å². The summed E-state index contributed by atoms with van der Waals surface area (Å²) < 4.78 is 2.36. The zero-order valence-corrected chi connectivity index (χ0v) is 20.1. The van der Waals surface area contributed by atoms with Gasteiger partial charge in [-0.15, -0.1) is 0 Å². The Hall–Kier alpha value is -4.62. The molecule has 0 fully saturated rings. The molecular weight excluding hydrogens is 434 g/mol. The van der Waals surface area contributed by atoms with E-state index in [4.69, 9.17) is 0 Å². The summed E-state index contributed by atoms with van der Waals surface area (Å²) in [7, 11) is 0. The normalized spacial score (nSPS) is 11.5. The van der Waals surface area contributed by atoms with Crippen molar-refractivity contribution < 1.29 is 0 Å². The number of aryl methyl sites for hydroxylation is 1. The van der Waals surface area contributed by atoms with Crippen LogP contribution < -0.4 is 0 Å². The number of hydrogen-bond acceptors (Lipinski definition) is 0. The quantitative estimate of drug-likeness (QED) is 0.248. The van der Waals surface area contributed by atoms with Crippen molar-refractivity contribution >= 4 is 32.6 Å². The molecule has 0 aliphatic heterocycles. The molecule has 1 heteroatoms. The van der Waals surface area contributed by atoms with Gasteiger partial charge < -0.3 is 4.57 Å². The molecule has 0 unspecified atom stereocenters. The van der Waals surface area contributed by atoms with Crippen molar-refractivity contribution in [2.24, 2.45) is 0 Å². The molecule has 0 radical (unpaired) electrons. The van der Waals surface area contributed by atoms with Crippen LogP contribution in [-0.2, 0) is 0 Å². The Morgan fingerprint density at radius 2 is 1.14 bits per heavy atom. The highest BCUT2D eigenvalue weighted by Crippen LogP contribution is 2.36. The van der Waals surface area contributed by atoms with Gasteiger partial charge in [0.1, 0.15) is 0 Å². The Kier molecular flexibility index (Phi) is 4.75. The van der Waals surface area contributed by atoms with Gasteiger partial charge in [-0.1, -0.05) is 103 Å². The summed E-state index contributed by atoms with van der Waals surface area (Å²) in [5.41, 5.74) is 9.97. The van der Waals surface area contributed by atoms with Crippen LogP contribution in [0.15, 0.2) is 133 Å². The Bertz CT molecular complexity index is 1870. The molecule has 0 saturated heterocycles. The standard InChI is InChI=1S/C35H25N/c1-24-9-7-10-27-11-8-15-30(35(24)27)26-19-17-25(18-20-26)28-21-22-34-32(23-28)31-14-5-6-16-33(31)36(34)29-12-3-2-4-13-29/h2-23H,1H3. The smallest absolute Gasteiger partial charge is 0.0541 e. The molecule has 170 valence electrons. The van der Waals surface area contributed by atoms with E-state index >= 15 is 0 Å². The fraction of sp³-hybridized carbons (Fsp3) is 0.0286. The summed E-state index contributed by atoms with van der Waals surface area (Å²) in [5, 5.41) is 5.18. The molecule has 36 heavy (non-hydrogen) atoms. The number of nitrogens with zero attached hydrogens (tertiary/aromatic N) is 1. The van der Waals surface area contributed by atoms with Crippen molar-refractivity contribution in [2.75, 3.05) is 0 Å². The van der Waals surface area contributed by atoms with Gasteiger partial charge in [-0.05, 0) is 75.8 Å². The van der Waals surface area contributed by atoms with Crippen LogP contribution in [0.25, 0.3) is 60.5 Å². The molecule has 1 nitrogen and oxygen atoms in total. The van der Waals surface area contributed by atoms with E-state index in [1.54, 1.807) is 0 Å². The van der Waals surface area contributed by atoms with Crippen LogP contribution in [0.1, 0.15) is 5.56 Å². The van der Waals surface area contributed by atoms with Crippen LogP contribution in [0.3, 0.4) is 0 Å². The Morgan fingerprint density at radius 3 is 1.97 bits per heavy atom. The van der Waals surface area contributed by atoms with Crippen LogP contribution in [0, 0.1) is 6.92 Å². The second kappa shape index (κ2) is 8.25. The molecule has 0 amide bonds. The summed E-state index contributed by atoms with van der Waals surface area (Å²) in [5.74, 6) is 0. The molecule has 7 rings (SSSR count). The predicted octanol–water partition coefficient (Wildman–Crippen LogP) is 9.58. The molecule has 7 aromatic rings.